The molecule has 1 atom stereocenters. The van der Waals surface area contributed by atoms with Crippen molar-refractivity contribution in [2.45, 2.75) is 32.4 Å². The zero-order valence-corrected chi connectivity index (χ0v) is 16.9. The number of ether oxygens (including phenoxy) is 1. The van der Waals surface area contributed by atoms with Gasteiger partial charge >= 0.3 is 6.03 Å². The Morgan fingerprint density at radius 2 is 1.79 bits per heavy atom. The molecule has 148 valence electrons. The first kappa shape index (κ1) is 19.0. The van der Waals surface area contributed by atoms with E-state index < -0.39 is 5.54 Å². The van der Waals surface area contributed by atoms with Crippen molar-refractivity contribution in [3.8, 4) is 5.75 Å². The maximum absolute atomic E-state index is 13.5. The number of amides is 3. The summed E-state index contributed by atoms with van der Waals surface area (Å²) in [6.07, 6.45) is 0.468. The lowest BCUT2D eigenvalue weighted by atomic mass is 9.86. The zero-order chi connectivity index (χ0) is 20.6. The number of imide groups is 1. The number of urea groups is 1. The lowest BCUT2D eigenvalue weighted by Gasteiger charge is -2.26. The molecule has 1 N–H and O–H groups in total. The average Bonchev–Trinajstić information content (AvgIpc) is 2.99. The van der Waals surface area contributed by atoms with Crippen LogP contribution in [-0.4, -0.2) is 23.9 Å². The number of aryl methyl sites for hydroxylation is 1. The second-order valence-electron chi connectivity index (χ2n) is 7.40. The molecule has 0 bridgehead atoms. The Hall–Kier alpha value is -3.34. The van der Waals surface area contributed by atoms with Crippen LogP contribution in [-0.2, 0) is 16.9 Å². The summed E-state index contributed by atoms with van der Waals surface area (Å²) in [5, 5.41) is 5.10. The van der Waals surface area contributed by atoms with Gasteiger partial charge in [-0.1, -0.05) is 55.5 Å². The molecule has 0 spiro atoms. The number of methoxy groups -OCH3 is 1. The van der Waals surface area contributed by atoms with E-state index in [1.807, 2.05) is 74.5 Å². The molecule has 5 heteroatoms. The number of hydrogen-bond acceptors (Lipinski definition) is 3. The molecule has 0 radical (unpaired) electrons. The molecule has 29 heavy (non-hydrogen) atoms. The molecular weight excluding hydrogens is 364 g/mol. The Balaban J connectivity index is 1.71. The Kier molecular flexibility index (Phi) is 4.74. The molecule has 1 unspecified atom stereocenters. The van der Waals surface area contributed by atoms with Crippen molar-refractivity contribution in [3.05, 3.63) is 77.4 Å². The van der Waals surface area contributed by atoms with Crippen molar-refractivity contribution in [1.82, 2.24) is 10.2 Å². The van der Waals surface area contributed by atoms with Crippen molar-refractivity contribution < 1.29 is 14.3 Å². The van der Waals surface area contributed by atoms with Crippen molar-refractivity contribution in [1.29, 1.82) is 0 Å². The van der Waals surface area contributed by atoms with Gasteiger partial charge in [-0.25, -0.2) is 4.79 Å². The van der Waals surface area contributed by atoms with Gasteiger partial charge in [0.15, 0.2) is 0 Å². The van der Waals surface area contributed by atoms with Crippen LogP contribution in [0.4, 0.5) is 4.79 Å². The van der Waals surface area contributed by atoms with Gasteiger partial charge in [0.25, 0.3) is 5.91 Å². The number of fused-ring (bicyclic) bond motifs is 1. The topological polar surface area (TPSA) is 58.6 Å². The fraction of sp³-hybridized carbons (Fsp3) is 0.250. The fourth-order valence-corrected chi connectivity index (χ4v) is 4.15. The van der Waals surface area contributed by atoms with E-state index in [0.29, 0.717) is 6.42 Å². The van der Waals surface area contributed by atoms with Crippen LogP contribution >= 0.6 is 0 Å². The van der Waals surface area contributed by atoms with E-state index in [2.05, 4.69) is 5.32 Å². The quantitative estimate of drug-likeness (QED) is 0.654. The van der Waals surface area contributed by atoms with Gasteiger partial charge in [0, 0.05) is 0 Å². The molecule has 1 heterocycles. The van der Waals surface area contributed by atoms with Crippen molar-refractivity contribution in [2.24, 2.45) is 0 Å². The highest BCUT2D eigenvalue weighted by Crippen LogP contribution is 2.35. The van der Waals surface area contributed by atoms with Crippen molar-refractivity contribution in [2.75, 3.05) is 7.11 Å². The maximum Gasteiger partial charge on any atom is 0.325 e. The summed E-state index contributed by atoms with van der Waals surface area (Å²) < 4.78 is 5.34. The van der Waals surface area contributed by atoms with Crippen LogP contribution in [0.1, 0.15) is 30.0 Å². The minimum atomic E-state index is -1.06. The van der Waals surface area contributed by atoms with Gasteiger partial charge in [0.1, 0.15) is 11.3 Å². The number of carbonyl (C=O) groups excluding carboxylic acids is 2. The van der Waals surface area contributed by atoms with Crippen LogP contribution in [0.5, 0.6) is 5.75 Å². The van der Waals surface area contributed by atoms with Crippen LogP contribution in [0.3, 0.4) is 0 Å². The summed E-state index contributed by atoms with van der Waals surface area (Å²) in [7, 11) is 1.62. The fourth-order valence-electron chi connectivity index (χ4n) is 4.15. The summed E-state index contributed by atoms with van der Waals surface area (Å²) in [5.74, 6) is 0.534. The molecule has 1 aliphatic rings. The van der Waals surface area contributed by atoms with Gasteiger partial charge in [-0.05, 0) is 52.9 Å². The second-order valence-corrected chi connectivity index (χ2v) is 7.40. The number of benzene rings is 3. The van der Waals surface area contributed by atoms with Crippen molar-refractivity contribution >= 4 is 22.7 Å². The molecule has 5 nitrogen and oxygen atoms in total. The smallest absolute Gasteiger partial charge is 0.325 e. The monoisotopic (exact) mass is 388 g/mol. The standard InChI is InChI=1S/C24H24N2O3/c1-4-24(19-12-13-21(29-3)16(2)14-19)22(27)26(23(28)25-24)15-18-10-7-9-17-8-5-6-11-20(17)18/h5-14H,4,15H2,1-3H3,(H,25,28). The zero-order valence-electron chi connectivity index (χ0n) is 16.9. The van der Waals surface area contributed by atoms with E-state index >= 15 is 0 Å². The van der Waals surface area contributed by atoms with E-state index in [0.717, 1.165) is 33.2 Å². The second kappa shape index (κ2) is 7.24. The molecule has 3 amide bonds. The Morgan fingerprint density at radius 1 is 1.03 bits per heavy atom. The van der Waals surface area contributed by atoms with Crippen LogP contribution in [0.2, 0.25) is 0 Å². The number of hydrogen-bond donors (Lipinski definition) is 1. The highest BCUT2D eigenvalue weighted by Gasteiger charge is 2.51. The van der Waals surface area contributed by atoms with Gasteiger partial charge < -0.3 is 10.1 Å². The Morgan fingerprint density at radius 3 is 2.52 bits per heavy atom. The first-order valence-corrected chi connectivity index (χ1v) is 9.76. The van der Waals surface area contributed by atoms with Crippen LogP contribution in [0.25, 0.3) is 10.8 Å². The number of nitrogens with one attached hydrogen (secondary N) is 1. The summed E-state index contributed by atoms with van der Waals surface area (Å²) in [6.45, 7) is 4.09. The van der Waals surface area contributed by atoms with E-state index in [1.165, 1.54) is 4.90 Å². The largest absolute Gasteiger partial charge is 0.496 e. The predicted molar refractivity (Wildman–Crippen MR) is 113 cm³/mol. The third kappa shape index (κ3) is 3.03. The Bertz CT molecular complexity index is 1100. The van der Waals surface area contributed by atoms with Gasteiger partial charge in [-0.3, -0.25) is 9.69 Å². The van der Waals surface area contributed by atoms with Crippen LogP contribution in [0, 0.1) is 6.92 Å². The first-order chi connectivity index (χ1) is 14.0. The van der Waals surface area contributed by atoms with E-state index in [4.69, 9.17) is 4.74 Å². The van der Waals surface area contributed by atoms with Gasteiger partial charge in [-0.15, -0.1) is 0 Å². The van der Waals surface area contributed by atoms with Gasteiger partial charge in [-0.2, -0.15) is 0 Å². The summed E-state index contributed by atoms with van der Waals surface area (Å²) in [5.41, 5.74) is 1.59. The summed E-state index contributed by atoms with van der Waals surface area (Å²) >= 11 is 0. The maximum atomic E-state index is 13.5. The lowest BCUT2D eigenvalue weighted by molar-refractivity contribution is -0.132. The molecule has 0 aromatic heterocycles. The average molecular weight is 388 g/mol. The van der Waals surface area contributed by atoms with Gasteiger partial charge in [0.2, 0.25) is 0 Å². The normalized spacial score (nSPS) is 18.9. The first-order valence-electron chi connectivity index (χ1n) is 9.76. The van der Waals surface area contributed by atoms with Crippen LogP contribution < -0.4 is 10.1 Å². The molecule has 0 aliphatic carbocycles. The molecule has 1 aliphatic heterocycles. The third-order valence-electron chi connectivity index (χ3n) is 5.80. The van der Waals surface area contributed by atoms with Crippen LogP contribution in [0.15, 0.2) is 60.7 Å². The van der Waals surface area contributed by atoms with E-state index in [-0.39, 0.29) is 18.5 Å². The predicted octanol–water partition coefficient (Wildman–Crippen LogP) is 4.51. The number of rotatable bonds is 5. The molecule has 0 saturated carbocycles. The highest BCUT2D eigenvalue weighted by molar-refractivity contribution is 6.07. The van der Waals surface area contributed by atoms with E-state index in [1.54, 1.807) is 7.11 Å². The number of nitrogens with zero attached hydrogens (tertiary/aromatic N) is 1. The molecule has 4 rings (SSSR count). The summed E-state index contributed by atoms with van der Waals surface area (Å²) in [6, 6.07) is 19.2. The summed E-state index contributed by atoms with van der Waals surface area (Å²) in [4.78, 5) is 27.7. The van der Waals surface area contributed by atoms with E-state index in [9.17, 15) is 9.59 Å². The Labute approximate surface area is 170 Å². The van der Waals surface area contributed by atoms with Crippen molar-refractivity contribution in [3.63, 3.8) is 0 Å². The minimum absolute atomic E-state index is 0.220. The van der Waals surface area contributed by atoms with Gasteiger partial charge in [0.05, 0.1) is 13.7 Å². The minimum Gasteiger partial charge on any atom is -0.496 e. The molecule has 1 fully saturated rings. The molecule has 3 aromatic carbocycles. The molecule has 3 aromatic rings. The molecular formula is C24H24N2O3. The molecule has 1 saturated heterocycles. The lowest BCUT2D eigenvalue weighted by Crippen LogP contribution is -2.43. The SMILES string of the molecule is CCC1(c2ccc(OC)c(C)c2)NC(=O)N(Cc2cccc3ccccc23)C1=O. The highest BCUT2D eigenvalue weighted by atomic mass is 16.5. The number of carbonyl (C=O) groups is 2. The third-order valence-corrected chi connectivity index (χ3v) is 5.80.